The molecule has 1 aliphatic rings. The van der Waals surface area contributed by atoms with E-state index in [0.29, 0.717) is 22.5 Å². The molecule has 7 heteroatoms. The Morgan fingerprint density at radius 3 is 2.65 bits per heavy atom. The first-order valence-corrected chi connectivity index (χ1v) is 9.52. The molecule has 0 bridgehead atoms. The number of nitrogens with zero attached hydrogens (tertiary/aromatic N) is 1. The van der Waals surface area contributed by atoms with Gasteiger partial charge in [-0.1, -0.05) is 15.9 Å². The number of piperidine rings is 1. The van der Waals surface area contributed by atoms with Gasteiger partial charge in [0.2, 0.25) is 10.0 Å². The summed E-state index contributed by atoms with van der Waals surface area (Å²) >= 11 is 6.78. The van der Waals surface area contributed by atoms with Crippen molar-refractivity contribution < 1.29 is 8.42 Å². The summed E-state index contributed by atoms with van der Waals surface area (Å²) in [6.07, 6.45) is 1.90. The molecule has 1 N–H and O–H groups in total. The molecular weight excluding hydrogens is 408 g/mol. The lowest BCUT2D eigenvalue weighted by Gasteiger charge is -2.32. The molecule has 0 aliphatic carbocycles. The number of likely N-dealkylation sites (N-methyl/N-ethyl adjacent to an activating group) is 1. The first-order chi connectivity index (χ1) is 9.36. The Kier molecular flexibility index (Phi) is 5.29. The second kappa shape index (κ2) is 6.44. The fourth-order valence-electron chi connectivity index (χ4n) is 2.36. The van der Waals surface area contributed by atoms with Gasteiger partial charge in [0.1, 0.15) is 0 Å². The summed E-state index contributed by atoms with van der Waals surface area (Å²) in [6.45, 7) is 3.04. The van der Waals surface area contributed by atoms with Crippen molar-refractivity contribution in [1.29, 1.82) is 0 Å². The highest BCUT2D eigenvalue weighted by molar-refractivity contribution is 9.11. The predicted octanol–water partition coefficient (Wildman–Crippen LogP) is 2.89. The van der Waals surface area contributed by atoms with Crippen LogP contribution in [0, 0.1) is 6.92 Å². The van der Waals surface area contributed by atoms with E-state index in [1.54, 1.807) is 10.4 Å². The number of nitrogens with one attached hydrogen (secondary N) is 1. The summed E-state index contributed by atoms with van der Waals surface area (Å²) in [5.41, 5.74) is 1.00. The largest absolute Gasteiger partial charge is 0.316 e. The van der Waals surface area contributed by atoms with E-state index in [4.69, 9.17) is 0 Å². The monoisotopic (exact) mass is 424 g/mol. The third-order valence-corrected chi connectivity index (χ3v) is 7.30. The van der Waals surface area contributed by atoms with E-state index in [-0.39, 0.29) is 6.04 Å². The van der Waals surface area contributed by atoms with E-state index in [1.807, 2.05) is 20.0 Å². The highest BCUT2D eigenvalue weighted by atomic mass is 79.9. The molecule has 1 aromatic carbocycles. The van der Waals surface area contributed by atoms with Crippen LogP contribution in [-0.2, 0) is 10.0 Å². The van der Waals surface area contributed by atoms with Crippen molar-refractivity contribution in [3.05, 3.63) is 26.6 Å². The lowest BCUT2D eigenvalue weighted by molar-refractivity contribution is 0.292. The lowest BCUT2D eigenvalue weighted by Crippen LogP contribution is -2.46. The third kappa shape index (κ3) is 3.27. The standard InChI is InChI=1S/C13H18Br2N2O2S/c1-9-6-12(15)13(7-11(9)14)20(18,19)17-5-3-4-10(8-17)16-2/h6-7,10,16H,3-5,8H2,1-2H3. The van der Waals surface area contributed by atoms with Crippen LogP contribution in [0.15, 0.2) is 26.0 Å². The van der Waals surface area contributed by atoms with Gasteiger partial charge >= 0.3 is 0 Å². The molecule has 1 aromatic rings. The Balaban J connectivity index is 2.37. The molecule has 0 radical (unpaired) electrons. The van der Waals surface area contributed by atoms with Crippen molar-refractivity contribution in [2.75, 3.05) is 20.1 Å². The molecule has 112 valence electrons. The number of halogens is 2. The second-order valence-electron chi connectivity index (χ2n) is 5.02. The second-order valence-corrected chi connectivity index (χ2v) is 8.64. The molecule has 0 saturated carbocycles. The first kappa shape index (κ1) is 16.4. The minimum absolute atomic E-state index is 0.228. The van der Waals surface area contributed by atoms with E-state index < -0.39 is 10.0 Å². The van der Waals surface area contributed by atoms with Crippen LogP contribution in [0.5, 0.6) is 0 Å². The highest BCUT2D eigenvalue weighted by Gasteiger charge is 2.31. The molecule has 1 aliphatic heterocycles. The third-order valence-electron chi connectivity index (χ3n) is 3.62. The summed E-state index contributed by atoms with van der Waals surface area (Å²) in [5.74, 6) is 0. The minimum Gasteiger partial charge on any atom is -0.316 e. The van der Waals surface area contributed by atoms with Gasteiger partial charge < -0.3 is 5.32 Å². The van der Waals surface area contributed by atoms with Crippen LogP contribution in [0.25, 0.3) is 0 Å². The molecule has 20 heavy (non-hydrogen) atoms. The van der Waals surface area contributed by atoms with Crippen LogP contribution < -0.4 is 5.32 Å². The number of hydrogen-bond donors (Lipinski definition) is 1. The quantitative estimate of drug-likeness (QED) is 0.809. The lowest BCUT2D eigenvalue weighted by atomic mass is 10.1. The van der Waals surface area contributed by atoms with Gasteiger partial charge in [-0.15, -0.1) is 0 Å². The zero-order chi connectivity index (χ0) is 14.9. The van der Waals surface area contributed by atoms with Crippen LogP contribution >= 0.6 is 31.9 Å². The first-order valence-electron chi connectivity index (χ1n) is 6.49. The minimum atomic E-state index is -3.46. The molecule has 1 heterocycles. The topological polar surface area (TPSA) is 49.4 Å². The summed E-state index contributed by atoms with van der Waals surface area (Å²) in [6, 6.07) is 3.74. The predicted molar refractivity (Wildman–Crippen MR) is 87.4 cm³/mol. The zero-order valence-corrected chi connectivity index (χ0v) is 15.5. The fourth-order valence-corrected chi connectivity index (χ4v) is 5.52. The molecule has 1 atom stereocenters. The van der Waals surface area contributed by atoms with Crippen LogP contribution in [0.4, 0.5) is 0 Å². The Bertz CT molecular complexity index is 605. The maximum Gasteiger partial charge on any atom is 0.244 e. The number of hydrogen-bond acceptors (Lipinski definition) is 3. The Labute approximate surface area is 137 Å². The van der Waals surface area contributed by atoms with Crippen molar-refractivity contribution in [1.82, 2.24) is 9.62 Å². The molecule has 1 unspecified atom stereocenters. The van der Waals surface area contributed by atoms with Gasteiger partial charge in [-0.2, -0.15) is 4.31 Å². The molecule has 0 spiro atoms. The molecular formula is C13H18Br2N2O2S. The SMILES string of the molecule is CNC1CCCN(S(=O)(=O)c2cc(Br)c(C)cc2Br)C1. The number of rotatable bonds is 3. The average Bonchev–Trinajstić information content (AvgIpc) is 2.42. The van der Waals surface area contributed by atoms with Gasteiger partial charge in [-0.3, -0.25) is 0 Å². The molecule has 2 rings (SSSR count). The van der Waals surface area contributed by atoms with Crippen molar-refractivity contribution >= 4 is 41.9 Å². The summed E-state index contributed by atoms with van der Waals surface area (Å²) in [5, 5.41) is 3.17. The van der Waals surface area contributed by atoms with Crippen LogP contribution in [0.1, 0.15) is 18.4 Å². The molecule has 0 aromatic heterocycles. The van der Waals surface area contributed by atoms with E-state index in [1.165, 1.54) is 0 Å². The Hall–Kier alpha value is 0.0500. The summed E-state index contributed by atoms with van der Waals surface area (Å²) < 4.78 is 28.6. The average molecular weight is 426 g/mol. The molecule has 0 amide bonds. The summed E-state index contributed by atoms with van der Waals surface area (Å²) in [4.78, 5) is 0.326. The van der Waals surface area contributed by atoms with Gasteiger partial charge in [0.05, 0.1) is 4.90 Å². The molecule has 1 saturated heterocycles. The molecule has 1 fully saturated rings. The van der Waals surface area contributed by atoms with Gasteiger partial charge in [0.15, 0.2) is 0 Å². The van der Waals surface area contributed by atoms with Gasteiger partial charge in [0.25, 0.3) is 0 Å². The van der Waals surface area contributed by atoms with Gasteiger partial charge in [-0.25, -0.2) is 8.42 Å². The maximum absolute atomic E-state index is 12.8. The van der Waals surface area contributed by atoms with Crippen LogP contribution in [0.3, 0.4) is 0 Å². The van der Waals surface area contributed by atoms with E-state index >= 15 is 0 Å². The zero-order valence-electron chi connectivity index (χ0n) is 11.5. The van der Waals surface area contributed by atoms with Crippen LogP contribution in [-0.4, -0.2) is 38.9 Å². The normalized spacial score (nSPS) is 21.1. The van der Waals surface area contributed by atoms with E-state index in [2.05, 4.69) is 37.2 Å². The van der Waals surface area contributed by atoms with Gasteiger partial charge in [-0.05, 0) is 60.4 Å². The fraction of sp³-hybridized carbons (Fsp3) is 0.538. The van der Waals surface area contributed by atoms with Crippen molar-refractivity contribution in [2.45, 2.75) is 30.7 Å². The van der Waals surface area contributed by atoms with Crippen molar-refractivity contribution in [3.63, 3.8) is 0 Å². The van der Waals surface area contributed by atoms with Crippen LogP contribution in [0.2, 0.25) is 0 Å². The number of aryl methyl sites for hydroxylation is 1. The molecule has 4 nitrogen and oxygen atoms in total. The van der Waals surface area contributed by atoms with Crippen molar-refractivity contribution in [2.24, 2.45) is 0 Å². The van der Waals surface area contributed by atoms with Crippen molar-refractivity contribution in [3.8, 4) is 0 Å². The van der Waals surface area contributed by atoms with Gasteiger partial charge in [0, 0.05) is 28.1 Å². The van der Waals surface area contributed by atoms with E-state index in [9.17, 15) is 8.42 Å². The number of benzene rings is 1. The Morgan fingerprint density at radius 1 is 1.30 bits per heavy atom. The number of sulfonamides is 1. The smallest absolute Gasteiger partial charge is 0.244 e. The highest BCUT2D eigenvalue weighted by Crippen LogP contribution is 2.31. The van der Waals surface area contributed by atoms with E-state index in [0.717, 1.165) is 22.9 Å². The maximum atomic E-state index is 12.8. The Morgan fingerprint density at radius 2 is 2.00 bits per heavy atom. The summed E-state index contributed by atoms with van der Waals surface area (Å²) in [7, 11) is -1.58.